The Morgan fingerprint density at radius 1 is 0.789 bits per heavy atom. The Hall–Kier alpha value is -0.586. The van der Waals surface area contributed by atoms with Crippen LogP contribution in [0.15, 0.2) is 47.6 Å². The van der Waals surface area contributed by atoms with Crippen LogP contribution in [-0.4, -0.2) is 0 Å². The van der Waals surface area contributed by atoms with Crippen LogP contribution in [0.3, 0.4) is 0 Å². The SMILES string of the molecule is C1=CCC2CC[CH-]C2=C1.C1=CCC2CC[CH-]C2=C1.[Ti+2]. The van der Waals surface area contributed by atoms with Gasteiger partial charge in [0.05, 0.1) is 0 Å². The molecular formula is C18H22Ti. The van der Waals surface area contributed by atoms with Crippen LogP contribution in [0.1, 0.15) is 38.5 Å². The van der Waals surface area contributed by atoms with Crippen molar-refractivity contribution in [2.24, 2.45) is 11.8 Å². The minimum absolute atomic E-state index is 0. The van der Waals surface area contributed by atoms with E-state index in [0.29, 0.717) is 0 Å². The fraction of sp³-hybridized carbons (Fsp3) is 0.444. The normalized spacial score (nSPS) is 29.5. The molecule has 4 aliphatic carbocycles. The van der Waals surface area contributed by atoms with Crippen LogP contribution < -0.4 is 0 Å². The van der Waals surface area contributed by atoms with E-state index in [2.05, 4.69) is 49.3 Å². The molecule has 0 spiro atoms. The first-order valence-electron chi connectivity index (χ1n) is 7.33. The van der Waals surface area contributed by atoms with E-state index in [-0.39, 0.29) is 21.7 Å². The van der Waals surface area contributed by atoms with Gasteiger partial charge < -0.3 is 0 Å². The molecule has 0 aliphatic heterocycles. The van der Waals surface area contributed by atoms with Crippen LogP contribution in [0.4, 0.5) is 0 Å². The van der Waals surface area contributed by atoms with Gasteiger partial charge in [-0.05, 0) is 24.7 Å². The van der Waals surface area contributed by atoms with Crippen molar-refractivity contribution >= 4 is 0 Å². The van der Waals surface area contributed by atoms with Crippen LogP contribution in [0.25, 0.3) is 0 Å². The molecule has 2 atom stereocenters. The first-order valence-corrected chi connectivity index (χ1v) is 7.33. The first kappa shape index (κ1) is 14.8. The summed E-state index contributed by atoms with van der Waals surface area (Å²) in [6, 6.07) is 0. The van der Waals surface area contributed by atoms with Gasteiger partial charge >= 0.3 is 21.7 Å². The van der Waals surface area contributed by atoms with Crippen molar-refractivity contribution in [1.29, 1.82) is 0 Å². The molecule has 0 N–H and O–H groups in total. The molecule has 0 bridgehead atoms. The Labute approximate surface area is 132 Å². The van der Waals surface area contributed by atoms with Crippen LogP contribution >= 0.6 is 0 Å². The fourth-order valence-corrected chi connectivity index (χ4v) is 3.33. The van der Waals surface area contributed by atoms with E-state index in [9.17, 15) is 0 Å². The molecule has 0 heterocycles. The van der Waals surface area contributed by atoms with E-state index in [0.717, 1.165) is 11.8 Å². The summed E-state index contributed by atoms with van der Waals surface area (Å²) in [4.78, 5) is 0. The second kappa shape index (κ2) is 7.26. The summed E-state index contributed by atoms with van der Waals surface area (Å²) in [7, 11) is 0. The zero-order valence-electron chi connectivity index (χ0n) is 11.5. The zero-order chi connectivity index (χ0) is 12.2. The summed E-state index contributed by atoms with van der Waals surface area (Å²) in [5.74, 6) is 1.77. The van der Waals surface area contributed by atoms with E-state index >= 15 is 0 Å². The molecule has 0 saturated heterocycles. The van der Waals surface area contributed by atoms with Crippen LogP contribution in [0.2, 0.25) is 0 Å². The average molecular weight is 286 g/mol. The van der Waals surface area contributed by atoms with Gasteiger partial charge in [-0.2, -0.15) is 0 Å². The minimum atomic E-state index is 0. The van der Waals surface area contributed by atoms with E-state index in [1.54, 1.807) is 11.1 Å². The molecule has 0 radical (unpaired) electrons. The molecule has 19 heavy (non-hydrogen) atoms. The molecule has 2 fully saturated rings. The summed E-state index contributed by atoms with van der Waals surface area (Å²) in [6.07, 6.45) is 26.1. The van der Waals surface area contributed by atoms with Crippen molar-refractivity contribution in [3.8, 4) is 0 Å². The van der Waals surface area contributed by atoms with Gasteiger partial charge in [-0.25, -0.2) is 36.1 Å². The maximum Gasteiger partial charge on any atom is 2.00 e. The quantitative estimate of drug-likeness (QED) is 0.435. The Balaban J connectivity index is 0.000000133. The van der Waals surface area contributed by atoms with E-state index < -0.39 is 0 Å². The third kappa shape index (κ3) is 3.71. The maximum absolute atomic E-state index is 2.37. The molecule has 98 valence electrons. The molecule has 0 aromatic rings. The van der Waals surface area contributed by atoms with Crippen molar-refractivity contribution in [1.82, 2.24) is 0 Å². The molecule has 0 nitrogen and oxygen atoms in total. The predicted octanol–water partition coefficient (Wildman–Crippen LogP) is 4.97. The Kier molecular flexibility index (Phi) is 5.66. The maximum atomic E-state index is 2.37. The van der Waals surface area contributed by atoms with Crippen LogP contribution in [-0.2, 0) is 21.7 Å². The monoisotopic (exact) mass is 286 g/mol. The molecule has 0 amide bonds. The summed E-state index contributed by atoms with van der Waals surface area (Å²) >= 11 is 0. The van der Waals surface area contributed by atoms with Gasteiger partial charge in [-0.3, -0.25) is 0 Å². The number of fused-ring (bicyclic) bond motifs is 2. The predicted molar refractivity (Wildman–Crippen MR) is 77.7 cm³/mol. The largest absolute Gasteiger partial charge is 2.00 e. The zero-order valence-corrected chi connectivity index (χ0v) is 13.1. The molecule has 1 heteroatoms. The summed E-state index contributed by atoms with van der Waals surface area (Å²) in [6.45, 7) is 0. The smallest absolute Gasteiger partial charge is 0.227 e. The molecule has 2 unspecified atom stereocenters. The molecule has 0 aromatic heterocycles. The minimum Gasteiger partial charge on any atom is -0.227 e. The second-order valence-corrected chi connectivity index (χ2v) is 5.62. The van der Waals surface area contributed by atoms with Crippen molar-refractivity contribution in [2.45, 2.75) is 38.5 Å². The third-order valence-electron chi connectivity index (χ3n) is 4.42. The average Bonchev–Trinajstić information content (AvgIpc) is 3.08. The molecule has 2 saturated carbocycles. The van der Waals surface area contributed by atoms with Gasteiger partial charge in [0.15, 0.2) is 0 Å². The molecule has 4 rings (SSSR count). The number of allylic oxidation sites excluding steroid dienone is 8. The van der Waals surface area contributed by atoms with Crippen molar-refractivity contribution in [3.63, 3.8) is 0 Å². The number of rotatable bonds is 0. The fourth-order valence-electron chi connectivity index (χ4n) is 3.33. The van der Waals surface area contributed by atoms with Gasteiger partial charge in [0.25, 0.3) is 0 Å². The molecule has 0 aromatic carbocycles. The summed E-state index contributed by atoms with van der Waals surface area (Å²) in [5, 5.41) is 0. The van der Waals surface area contributed by atoms with Gasteiger partial charge in [0, 0.05) is 0 Å². The topological polar surface area (TPSA) is 0 Å². The van der Waals surface area contributed by atoms with Crippen molar-refractivity contribution < 1.29 is 21.7 Å². The van der Waals surface area contributed by atoms with E-state index in [1.807, 2.05) is 0 Å². The molecular weight excluding hydrogens is 264 g/mol. The van der Waals surface area contributed by atoms with Gasteiger partial charge in [-0.1, -0.05) is 12.8 Å². The summed E-state index contributed by atoms with van der Waals surface area (Å²) in [5.41, 5.74) is 3.16. The summed E-state index contributed by atoms with van der Waals surface area (Å²) < 4.78 is 0. The van der Waals surface area contributed by atoms with Gasteiger partial charge in [-0.15, -0.1) is 37.1 Å². The van der Waals surface area contributed by atoms with Crippen molar-refractivity contribution in [2.75, 3.05) is 0 Å². The Morgan fingerprint density at radius 3 is 1.68 bits per heavy atom. The van der Waals surface area contributed by atoms with Crippen LogP contribution in [0, 0.1) is 24.7 Å². The van der Waals surface area contributed by atoms with E-state index in [4.69, 9.17) is 0 Å². The second-order valence-electron chi connectivity index (χ2n) is 5.62. The van der Waals surface area contributed by atoms with E-state index in [1.165, 1.54) is 38.5 Å². The Bertz CT molecular complexity index is 371. The van der Waals surface area contributed by atoms with Gasteiger partial charge in [0.2, 0.25) is 0 Å². The number of hydrogen-bond acceptors (Lipinski definition) is 0. The third-order valence-corrected chi connectivity index (χ3v) is 4.42. The van der Waals surface area contributed by atoms with Gasteiger partial charge in [0.1, 0.15) is 0 Å². The van der Waals surface area contributed by atoms with Crippen molar-refractivity contribution in [3.05, 3.63) is 60.4 Å². The first-order chi connectivity index (χ1) is 8.93. The standard InChI is InChI=1S/2C9H11.Ti/c2*1-2-5-9-7-3-6-8(9)4-1;/h2*1-2,4,6,9H,3,5,7H2;/q2*-1;+2. The number of hydrogen-bond donors (Lipinski definition) is 0. The molecule has 4 aliphatic rings. The van der Waals surface area contributed by atoms with Crippen LogP contribution in [0.5, 0.6) is 0 Å². The Morgan fingerprint density at radius 2 is 1.26 bits per heavy atom.